The van der Waals surface area contributed by atoms with E-state index in [1.165, 1.54) is 32.0 Å². The molecule has 0 saturated heterocycles. The van der Waals surface area contributed by atoms with Gasteiger partial charge in [0.15, 0.2) is 0 Å². The van der Waals surface area contributed by atoms with Crippen LogP contribution in [0.4, 0.5) is 36.8 Å². The van der Waals surface area contributed by atoms with E-state index in [1.807, 2.05) is 0 Å². The van der Waals surface area contributed by atoms with E-state index < -0.39 is 35.2 Å². The summed E-state index contributed by atoms with van der Waals surface area (Å²) >= 11 is 11.1. The van der Waals surface area contributed by atoms with Gasteiger partial charge in [0.25, 0.3) is 0 Å². The van der Waals surface area contributed by atoms with Gasteiger partial charge in [0, 0.05) is 16.6 Å². The van der Waals surface area contributed by atoms with Gasteiger partial charge in [-0.2, -0.15) is 26.3 Å². The minimum absolute atomic E-state index is 0.0928. The van der Waals surface area contributed by atoms with E-state index in [1.54, 1.807) is 5.32 Å². The van der Waals surface area contributed by atoms with E-state index in [-0.39, 0.29) is 10.7 Å². The van der Waals surface area contributed by atoms with Crippen molar-refractivity contribution in [3.05, 3.63) is 29.3 Å². The number of oxime groups is 1. The average Bonchev–Trinajstić information content (AvgIpc) is 2.48. The molecule has 0 radical (unpaired) electrons. The summed E-state index contributed by atoms with van der Waals surface area (Å²) in [6.45, 7) is 2.72. The zero-order valence-corrected chi connectivity index (χ0v) is 15.2. The maximum Gasteiger partial charge on any atom is 0.461 e. The van der Waals surface area contributed by atoms with E-state index in [4.69, 9.17) is 23.2 Å². The molecule has 0 aromatic heterocycles. The molecule has 0 aliphatic carbocycles. The van der Waals surface area contributed by atoms with Crippen molar-refractivity contribution in [2.45, 2.75) is 31.9 Å². The number of hydrogen-bond donors (Lipinski definition) is 2. The SMILES string of the molecule is CC(C)/C(Cl)=N\OC(NC(=O)Nc1cccc(Cl)c1)(C(F)(F)F)C(F)(F)F. The molecule has 0 fully saturated rings. The van der Waals surface area contributed by atoms with Crippen molar-refractivity contribution in [1.29, 1.82) is 0 Å². The number of amides is 2. The van der Waals surface area contributed by atoms with Gasteiger partial charge in [-0.05, 0) is 18.2 Å². The number of carbonyl (C=O) groups is 1. The number of nitrogens with zero attached hydrogens (tertiary/aromatic N) is 1. The quantitative estimate of drug-likeness (QED) is 0.275. The Balaban J connectivity index is 3.23. The molecule has 27 heavy (non-hydrogen) atoms. The van der Waals surface area contributed by atoms with Gasteiger partial charge in [-0.3, -0.25) is 5.32 Å². The first-order valence-electron chi connectivity index (χ1n) is 7.09. The molecule has 1 aromatic rings. The Morgan fingerprint density at radius 1 is 1.15 bits per heavy atom. The van der Waals surface area contributed by atoms with Gasteiger partial charge < -0.3 is 10.2 Å². The number of benzene rings is 1. The Morgan fingerprint density at radius 3 is 2.15 bits per heavy atom. The Kier molecular flexibility index (Phi) is 7.23. The van der Waals surface area contributed by atoms with E-state index in [0.29, 0.717) is 0 Å². The fourth-order valence-corrected chi connectivity index (χ4v) is 1.76. The molecular formula is C14H13Cl2F6N3O2. The Hall–Kier alpha value is -1.88. The van der Waals surface area contributed by atoms with Crippen LogP contribution in [0.3, 0.4) is 0 Å². The second-order valence-corrected chi connectivity index (χ2v) is 6.25. The molecular weight excluding hydrogens is 427 g/mol. The van der Waals surface area contributed by atoms with Gasteiger partial charge in [0.1, 0.15) is 5.17 Å². The summed E-state index contributed by atoms with van der Waals surface area (Å²) in [5, 5.41) is 4.65. The molecule has 0 unspecified atom stereocenters. The Labute approximate surface area is 159 Å². The molecule has 13 heteroatoms. The first kappa shape index (κ1) is 23.2. The highest BCUT2D eigenvalue weighted by molar-refractivity contribution is 6.65. The molecule has 0 saturated carbocycles. The maximum absolute atomic E-state index is 13.3. The lowest BCUT2D eigenvalue weighted by atomic mass is 10.2. The van der Waals surface area contributed by atoms with Gasteiger partial charge in [-0.25, -0.2) is 4.79 Å². The lowest BCUT2D eigenvalue weighted by Crippen LogP contribution is -2.69. The molecule has 5 nitrogen and oxygen atoms in total. The molecule has 0 aliphatic rings. The van der Waals surface area contributed by atoms with Crippen LogP contribution in [-0.2, 0) is 4.84 Å². The lowest BCUT2D eigenvalue weighted by Gasteiger charge is -2.34. The highest BCUT2D eigenvalue weighted by Crippen LogP contribution is 2.44. The third-order valence-electron chi connectivity index (χ3n) is 2.92. The van der Waals surface area contributed by atoms with Crippen LogP contribution in [0.25, 0.3) is 0 Å². The van der Waals surface area contributed by atoms with Crippen molar-refractivity contribution in [2.75, 3.05) is 5.32 Å². The van der Waals surface area contributed by atoms with Crippen LogP contribution < -0.4 is 10.6 Å². The third-order valence-corrected chi connectivity index (χ3v) is 3.66. The molecule has 2 N–H and O–H groups in total. The van der Waals surface area contributed by atoms with E-state index >= 15 is 0 Å². The first-order chi connectivity index (χ1) is 12.2. The number of urea groups is 1. The zero-order chi connectivity index (χ0) is 21.0. The monoisotopic (exact) mass is 439 g/mol. The number of anilines is 1. The molecule has 0 aliphatic heterocycles. The van der Waals surface area contributed by atoms with E-state index in [0.717, 1.165) is 11.4 Å². The van der Waals surface area contributed by atoms with E-state index in [2.05, 4.69) is 9.99 Å². The number of alkyl halides is 6. The summed E-state index contributed by atoms with van der Waals surface area (Å²) in [4.78, 5) is 15.5. The predicted molar refractivity (Wildman–Crippen MR) is 87.7 cm³/mol. The van der Waals surface area contributed by atoms with Gasteiger partial charge in [0.05, 0.1) is 0 Å². The zero-order valence-electron chi connectivity index (χ0n) is 13.7. The van der Waals surface area contributed by atoms with Crippen molar-refractivity contribution in [1.82, 2.24) is 5.32 Å². The summed E-state index contributed by atoms with van der Waals surface area (Å²) in [6, 6.07) is 3.15. The number of hydrogen-bond acceptors (Lipinski definition) is 3. The largest absolute Gasteiger partial charge is 0.461 e. The smallest absolute Gasteiger partial charge is 0.346 e. The standard InChI is InChI=1S/C14H13Cl2F6N3O2/c1-7(2)10(16)25-27-12(13(17,18)19,14(20,21)22)24-11(26)23-9-5-3-4-8(15)6-9/h3-7H,1-2H3,(H2,23,24,26)/b25-10+. The summed E-state index contributed by atoms with van der Waals surface area (Å²) in [6.07, 6.45) is -12.2. The fraction of sp³-hybridized carbons (Fsp3) is 0.429. The minimum atomic E-state index is -6.12. The van der Waals surface area contributed by atoms with Crippen LogP contribution >= 0.6 is 23.2 Å². The van der Waals surface area contributed by atoms with Gasteiger partial charge in [0.2, 0.25) is 0 Å². The molecule has 0 heterocycles. The van der Waals surface area contributed by atoms with Gasteiger partial charge >= 0.3 is 24.1 Å². The Bertz CT molecular complexity index is 693. The lowest BCUT2D eigenvalue weighted by molar-refractivity contribution is -0.388. The number of halogens is 8. The number of nitrogens with one attached hydrogen (secondary N) is 2. The van der Waals surface area contributed by atoms with Crippen molar-refractivity contribution >= 4 is 40.1 Å². The topological polar surface area (TPSA) is 62.7 Å². The second kappa shape index (κ2) is 8.42. The predicted octanol–water partition coefficient (Wildman–Crippen LogP) is 5.51. The maximum atomic E-state index is 13.3. The molecule has 0 spiro atoms. The highest BCUT2D eigenvalue weighted by Gasteiger charge is 2.76. The van der Waals surface area contributed by atoms with Crippen LogP contribution in [-0.4, -0.2) is 29.3 Å². The number of rotatable bonds is 5. The van der Waals surface area contributed by atoms with Crippen molar-refractivity contribution in [2.24, 2.45) is 11.1 Å². The van der Waals surface area contributed by atoms with Gasteiger partial charge in [-0.15, -0.1) is 0 Å². The summed E-state index contributed by atoms with van der Waals surface area (Å²) in [5.74, 6) is -0.717. The Morgan fingerprint density at radius 2 is 1.70 bits per heavy atom. The summed E-state index contributed by atoms with van der Waals surface area (Å²) < 4.78 is 79.6. The molecule has 0 atom stereocenters. The normalized spacial score (nSPS) is 13.5. The van der Waals surface area contributed by atoms with Crippen LogP contribution in [0.5, 0.6) is 0 Å². The minimum Gasteiger partial charge on any atom is -0.346 e. The molecule has 2 amide bonds. The van der Waals surface area contributed by atoms with Crippen LogP contribution in [0.15, 0.2) is 29.4 Å². The summed E-state index contributed by atoms with van der Waals surface area (Å²) in [7, 11) is 0. The molecule has 152 valence electrons. The van der Waals surface area contributed by atoms with Crippen LogP contribution in [0, 0.1) is 5.92 Å². The highest BCUT2D eigenvalue weighted by atomic mass is 35.5. The molecule has 1 aromatic carbocycles. The van der Waals surface area contributed by atoms with E-state index in [9.17, 15) is 31.1 Å². The van der Waals surface area contributed by atoms with Crippen LogP contribution in [0.1, 0.15) is 13.8 Å². The van der Waals surface area contributed by atoms with Crippen LogP contribution in [0.2, 0.25) is 5.02 Å². The molecule has 0 bridgehead atoms. The first-order valence-corrected chi connectivity index (χ1v) is 7.85. The van der Waals surface area contributed by atoms with Crippen molar-refractivity contribution in [3.63, 3.8) is 0 Å². The van der Waals surface area contributed by atoms with Gasteiger partial charge in [-0.1, -0.05) is 48.3 Å². The molecule has 1 rings (SSSR count). The second-order valence-electron chi connectivity index (χ2n) is 5.43. The summed E-state index contributed by atoms with van der Waals surface area (Å²) in [5.41, 5.74) is -5.28. The third kappa shape index (κ3) is 5.80. The fourth-order valence-electron chi connectivity index (χ4n) is 1.53. The van der Waals surface area contributed by atoms with Crippen molar-refractivity contribution < 1.29 is 36.0 Å². The average molecular weight is 440 g/mol. The number of carbonyl (C=O) groups excluding carboxylic acids is 1. The van der Waals surface area contributed by atoms with Crippen molar-refractivity contribution in [3.8, 4) is 0 Å².